The van der Waals surface area contributed by atoms with Crippen LogP contribution in [0.1, 0.15) is 35.6 Å². The lowest BCUT2D eigenvalue weighted by molar-refractivity contribution is 0.0945. The summed E-state index contributed by atoms with van der Waals surface area (Å²) in [5, 5.41) is 3.57. The van der Waals surface area contributed by atoms with E-state index in [1.54, 1.807) is 0 Å². The summed E-state index contributed by atoms with van der Waals surface area (Å²) in [6.45, 7) is 8.10. The first-order valence-electron chi connectivity index (χ1n) is 7.21. The Balaban J connectivity index is 2.31. The van der Waals surface area contributed by atoms with Gasteiger partial charge in [0.05, 0.1) is 5.56 Å². The van der Waals surface area contributed by atoms with E-state index in [4.69, 9.17) is 17.3 Å². The summed E-state index contributed by atoms with van der Waals surface area (Å²) in [4.78, 5) is 12.4. The fraction of sp³-hybridized carbons (Fsp3) is 0.353. The van der Waals surface area contributed by atoms with Crippen LogP contribution in [0, 0.1) is 13.8 Å². The van der Waals surface area contributed by atoms with Crippen molar-refractivity contribution in [2.24, 2.45) is 5.73 Å². The number of amides is 1. The second-order valence-corrected chi connectivity index (χ2v) is 6.70. The summed E-state index contributed by atoms with van der Waals surface area (Å²) in [5.74, 6) is -0.105. The molecule has 22 heavy (non-hydrogen) atoms. The van der Waals surface area contributed by atoms with Gasteiger partial charge in [0.2, 0.25) is 0 Å². The van der Waals surface area contributed by atoms with E-state index in [2.05, 4.69) is 5.32 Å². The van der Waals surface area contributed by atoms with Crippen molar-refractivity contribution in [3.63, 3.8) is 0 Å². The van der Waals surface area contributed by atoms with E-state index < -0.39 is 5.54 Å². The molecule has 118 valence electrons. The van der Waals surface area contributed by atoms with Gasteiger partial charge in [0.25, 0.3) is 5.91 Å². The van der Waals surface area contributed by atoms with Crippen molar-refractivity contribution >= 4 is 17.5 Å². The lowest BCUT2D eigenvalue weighted by Crippen LogP contribution is -2.45. The van der Waals surface area contributed by atoms with Crippen LogP contribution in [0.15, 0.2) is 30.3 Å². The highest BCUT2D eigenvalue weighted by Crippen LogP contribution is 2.22. The second-order valence-electron chi connectivity index (χ2n) is 6.27. The Morgan fingerprint density at radius 2 is 1.86 bits per heavy atom. The number of carbonyl (C=O) groups is 1. The highest BCUT2D eigenvalue weighted by Gasteiger charge is 2.18. The third-order valence-corrected chi connectivity index (χ3v) is 3.72. The fourth-order valence-corrected chi connectivity index (χ4v) is 2.51. The molecule has 1 aromatic heterocycles. The first-order valence-corrected chi connectivity index (χ1v) is 7.59. The number of benzene rings is 1. The minimum atomic E-state index is -0.433. The van der Waals surface area contributed by atoms with Crippen molar-refractivity contribution in [1.82, 2.24) is 9.88 Å². The SMILES string of the molecule is Cc1cc(C(=O)NCC(C)(C)N)c(C)n1-c1ccc(Cl)cc1. The molecule has 0 atom stereocenters. The molecule has 1 aromatic carbocycles. The molecule has 0 aliphatic rings. The van der Waals surface area contributed by atoms with Crippen LogP contribution in [0.25, 0.3) is 5.69 Å². The zero-order valence-corrected chi connectivity index (χ0v) is 14.2. The molecule has 1 heterocycles. The average molecular weight is 320 g/mol. The van der Waals surface area contributed by atoms with E-state index in [1.165, 1.54) is 0 Å². The number of nitrogens with two attached hydrogens (primary N) is 1. The quantitative estimate of drug-likeness (QED) is 0.909. The standard InChI is InChI=1S/C17H22ClN3O/c1-11-9-15(16(22)20-10-17(3,4)19)12(2)21(11)14-7-5-13(18)6-8-14/h5-9H,10,19H2,1-4H3,(H,20,22). The topological polar surface area (TPSA) is 60.1 Å². The summed E-state index contributed by atoms with van der Waals surface area (Å²) < 4.78 is 2.04. The molecule has 0 aliphatic carbocycles. The van der Waals surface area contributed by atoms with Crippen molar-refractivity contribution in [3.05, 3.63) is 52.3 Å². The van der Waals surface area contributed by atoms with Crippen LogP contribution in [-0.2, 0) is 0 Å². The van der Waals surface area contributed by atoms with Crippen molar-refractivity contribution in [2.45, 2.75) is 33.2 Å². The molecule has 0 spiro atoms. The van der Waals surface area contributed by atoms with Gasteiger partial charge < -0.3 is 15.6 Å². The lowest BCUT2D eigenvalue weighted by Gasteiger charge is -2.18. The largest absolute Gasteiger partial charge is 0.350 e. The Morgan fingerprint density at radius 1 is 1.27 bits per heavy atom. The molecule has 0 bridgehead atoms. The summed E-state index contributed by atoms with van der Waals surface area (Å²) >= 11 is 5.93. The average Bonchev–Trinajstić information content (AvgIpc) is 2.72. The molecule has 0 aliphatic heterocycles. The predicted molar refractivity (Wildman–Crippen MR) is 90.9 cm³/mol. The van der Waals surface area contributed by atoms with E-state index >= 15 is 0 Å². The van der Waals surface area contributed by atoms with Crippen LogP contribution < -0.4 is 11.1 Å². The molecule has 0 saturated heterocycles. The van der Waals surface area contributed by atoms with Gasteiger partial charge in [-0.15, -0.1) is 0 Å². The normalized spacial score (nSPS) is 11.5. The predicted octanol–water partition coefficient (Wildman–Crippen LogP) is 3.21. The van der Waals surface area contributed by atoms with Gasteiger partial charge in [-0.3, -0.25) is 4.79 Å². The van der Waals surface area contributed by atoms with E-state index in [0.29, 0.717) is 17.1 Å². The summed E-state index contributed by atoms with van der Waals surface area (Å²) in [6, 6.07) is 9.45. The first kappa shape index (κ1) is 16.6. The van der Waals surface area contributed by atoms with E-state index in [-0.39, 0.29) is 5.91 Å². The number of nitrogens with zero attached hydrogens (tertiary/aromatic N) is 1. The van der Waals surface area contributed by atoms with Crippen molar-refractivity contribution in [2.75, 3.05) is 6.54 Å². The monoisotopic (exact) mass is 319 g/mol. The Kier molecular flexibility index (Phi) is 4.63. The summed E-state index contributed by atoms with van der Waals surface area (Å²) in [7, 11) is 0. The van der Waals surface area contributed by atoms with Crippen LogP contribution >= 0.6 is 11.6 Å². The van der Waals surface area contributed by atoms with Gasteiger partial charge in [0.15, 0.2) is 0 Å². The lowest BCUT2D eigenvalue weighted by atomic mass is 10.1. The van der Waals surface area contributed by atoms with Gasteiger partial charge in [0.1, 0.15) is 0 Å². The Hall–Kier alpha value is -1.78. The zero-order chi connectivity index (χ0) is 16.5. The van der Waals surface area contributed by atoms with Crippen molar-refractivity contribution in [3.8, 4) is 5.69 Å². The number of aromatic nitrogens is 1. The number of nitrogens with one attached hydrogen (secondary N) is 1. The number of carbonyl (C=O) groups excluding carboxylic acids is 1. The number of hydrogen-bond donors (Lipinski definition) is 2. The van der Waals surface area contributed by atoms with Crippen LogP contribution in [0.2, 0.25) is 5.02 Å². The van der Waals surface area contributed by atoms with E-state index in [0.717, 1.165) is 17.1 Å². The maximum Gasteiger partial charge on any atom is 0.253 e. The van der Waals surface area contributed by atoms with E-state index in [1.807, 2.05) is 62.6 Å². The van der Waals surface area contributed by atoms with Gasteiger partial charge in [-0.05, 0) is 58.0 Å². The molecule has 0 radical (unpaired) electrons. The number of aryl methyl sites for hydroxylation is 1. The van der Waals surface area contributed by atoms with Gasteiger partial charge in [-0.2, -0.15) is 0 Å². The molecule has 2 rings (SSSR count). The number of rotatable bonds is 4. The van der Waals surface area contributed by atoms with Crippen molar-refractivity contribution in [1.29, 1.82) is 0 Å². The van der Waals surface area contributed by atoms with Crippen LogP contribution in [0.3, 0.4) is 0 Å². The molecule has 0 fully saturated rings. The Morgan fingerprint density at radius 3 is 2.41 bits per heavy atom. The first-order chi connectivity index (χ1) is 10.2. The molecule has 0 saturated carbocycles. The minimum Gasteiger partial charge on any atom is -0.350 e. The van der Waals surface area contributed by atoms with E-state index in [9.17, 15) is 4.79 Å². The molecule has 2 aromatic rings. The summed E-state index contributed by atoms with van der Waals surface area (Å²) in [6.07, 6.45) is 0. The van der Waals surface area contributed by atoms with Gasteiger partial charge in [0, 0.05) is 34.2 Å². The summed E-state index contributed by atoms with van der Waals surface area (Å²) in [5.41, 5.74) is 9.01. The molecule has 3 N–H and O–H groups in total. The third kappa shape index (κ3) is 3.70. The zero-order valence-electron chi connectivity index (χ0n) is 13.4. The molecular weight excluding hydrogens is 298 g/mol. The molecule has 0 unspecified atom stereocenters. The highest BCUT2D eigenvalue weighted by molar-refractivity contribution is 6.30. The molecule has 5 heteroatoms. The van der Waals surface area contributed by atoms with Gasteiger partial charge in [-0.25, -0.2) is 0 Å². The second kappa shape index (κ2) is 6.15. The maximum absolute atomic E-state index is 12.4. The molecule has 4 nitrogen and oxygen atoms in total. The van der Waals surface area contributed by atoms with Gasteiger partial charge in [-0.1, -0.05) is 11.6 Å². The molecular formula is C17H22ClN3O. The smallest absolute Gasteiger partial charge is 0.253 e. The fourth-order valence-electron chi connectivity index (χ4n) is 2.38. The number of halogens is 1. The Bertz CT molecular complexity index is 681. The molecule has 1 amide bonds. The van der Waals surface area contributed by atoms with Crippen LogP contribution in [0.5, 0.6) is 0 Å². The number of hydrogen-bond acceptors (Lipinski definition) is 2. The maximum atomic E-state index is 12.4. The van der Waals surface area contributed by atoms with Crippen LogP contribution in [0.4, 0.5) is 0 Å². The minimum absolute atomic E-state index is 0.105. The highest BCUT2D eigenvalue weighted by atomic mass is 35.5. The van der Waals surface area contributed by atoms with Gasteiger partial charge >= 0.3 is 0 Å². The van der Waals surface area contributed by atoms with Crippen molar-refractivity contribution < 1.29 is 4.79 Å². The Labute approximate surface area is 136 Å². The third-order valence-electron chi connectivity index (χ3n) is 3.47. The van der Waals surface area contributed by atoms with Crippen LogP contribution in [-0.4, -0.2) is 22.6 Å².